The van der Waals surface area contributed by atoms with Gasteiger partial charge in [0.25, 0.3) is 0 Å². The first-order chi connectivity index (χ1) is 8.15. The van der Waals surface area contributed by atoms with E-state index in [0.717, 1.165) is 38.9 Å². The second-order valence-electron chi connectivity index (χ2n) is 5.47. The molecule has 0 aromatic heterocycles. The Balaban J connectivity index is 1.66. The van der Waals surface area contributed by atoms with Gasteiger partial charge < -0.3 is 15.0 Å². The van der Waals surface area contributed by atoms with E-state index in [4.69, 9.17) is 4.74 Å². The van der Waals surface area contributed by atoms with E-state index in [1.54, 1.807) is 0 Å². The van der Waals surface area contributed by atoms with Crippen molar-refractivity contribution in [3.05, 3.63) is 0 Å². The number of carbonyl (C=O) groups excluding carboxylic acids is 1. The molecule has 1 amide bonds. The van der Waals surface area contributed by atoms with Gasteiger partial charge in [-0.1, -0.05) is 13.8 Å². The molecule has 2 atom stereocenters. The number of nitrogens with one attached hydrogen (secondary N) is 1. The van der Waals surface area contributed by atoms with Crippen LogP contribution < -0.4 is 5.32 Å². The van der Waals surface area contributed by atoms with Crippen LogP contribution in [0.2, 0.25) is 0 Å². The van der Waals surface area contributed by atoms with Crippen LogP contribution in [-0.4, -0.2) is 48.7 Å². The summed E-state index contributed by atoms with van der Waals surface area (Å²) in [5.41, 5.74) is 0. The highest BCUT2D eigenvalue weighted by molar-refractivity contribution is 5.76. The maximum absolute atomic E-state index is 12.0. The molecule has 2 aliphatic heterocycles. The van der Waals surface area contributed by atoms with Gasteiger partial charge in [-0.25, -0.2) is 0 Å². The van der Waals surface area contributed by atoms with Gasteiger partial charge in [0.05, 0.1) is 12.2 Å². The van der Waals surface area contributed by atoms with E-state index in [9.17, 15) is 4.79 Å². The fourth-order valence-electron chi connectivity index (χ4n) is 2.61. The van der Waals surface area contributed by atoms with Crippen LogP contribution in [0.3, 0.4) is 0 Å². The van der Waals surface area contributed by atoms with Crippen molar-refractivity contribution in [3.8, 4) is 0 Å². The van der Waals surface area contributed by atoms with Crippen LogP contribution in [0.4, 0.5) is 0 Å². The lowest BCUT2D eigenvalue weighted by Crippen LogP contribution is -2.45. The molecule has 0 saturated carbocycles. The molecule has 1 N–H and O–H groups in total. The summed E-state index contributed by atoms with van der Waals surface area (Å²) in [7, 11) is 0. The number of likely N-dealkylation sites (tertiary alicyclic amines) is 1. The molecule has 4 nitrogen and oxygen atoms in total. The van der Waals surface area contributed by atoms with E-state index in [2.05, 4.69) is 19.2 Å². The molecule has 2 bridgehead atoms. The number of fused-ring (bicyclic) bond motifs is 2. The number of ether oxygens (including phenoxy) is 1. The Morgan fingerprint density at radius 1 is 1.35 bits per heavy atom. The van der Waals surface area contributed by atoms with Crippen molar-refractivity contribution < 1.29 is 9.53 Å². The van der Waals surface area contributed by atoms with Crippen molar-refractivity contribution in [1.29, 1.82) is 0 Å². The summed E-state index contributed by atoms with van der Waals surface area (Å²) in [5.74, 6) is 0.302. The molecular formula is C13H24N2O2. The Morgan fingerprint density at radius 3 is 2.59 bits per heavy atom. The minimum absolute atomic E-state index is 0.302. The van der Waals surface area contributed by atoms with E-state index >= 15 is 0 Å². The van der Waals surface area contributed by atoms with Gasteiger partial charge in [0, 0.05) is 25.6 Å². The predicted octanol–water partition coefficient (Wildman–Crippen LogP) is 1.15. The zero-order valence-corrected chi connectivity index (χ0v) is 10.9. The molecule has 17 heavy (non-hydrogen) atoms. The lowest BCUT2D eigenvalue weighted by Gasteiger charge is -2.32. The molecule has 2 fully saturated rings. The first-order valence-electron chi connectivity index (χ1n) is 6.82. The first kappa shape index (κ1) is 12.8. The molecule has 2 saturated heterocycles. The Kier molecular flexibility index (Phi) is 4.40. The Hall–Kier alpha value is -0.610. The van der Waals surface area contributed by atoms with Crippen LogP contribution in [0, 0.1) is 0 Å². The summed E-state index contributed by atoms with van der Waals surface area (Å²) in [6.45, 7) is 6.81. The van der Waals surface area contributed by atoms with Crippen molar-refractivity contribution in [2.45, 2.75) is 57.8 Å². The molecule has 0 radical (unpaired) electrons. The number of hydrogen-bond acceptors (Lipinski definition) is 3. The van der Waals surface area contributed by atoms with Crippen LogP contribution in [0.25, 0.3) is 0 Å². The van der Waals surface area contributed by atoms with Gasteiger partial charge in [-0.3, -0.25) is 4.79 Å². The smallest absolute Gasteiger partial charge is 0.222 e. The summed E-state index contributed by atoms with van der Waals surface area (Å²) in [6.07, 6.45) is 4.48. The van der Waals surface area contributed by atoms with Crippen molar-refractivity contribution in [3.63, 3.8) is 0 Å². The highest BCUT2D eigenvalue weighted by Crippen LogP contribution is 2.26. The fraction of sp³-hybridized carbons (Fsp3) is 0.923. The number of nitrogens with zero attached hydrogens (tertiary/aromatic N) is 1. The largest absolute Gasteiger partial charge is 0.371 e. The van der Waals surface area contributed by atoms with Gasteiger partial charge in [0.1, 0.15) is 0 Å². The van der Waals surface area contributed by atoms with Crippen LogP contribution >= 0.6 is 0 Å². The van der Waals surface area contributed by atoms with Crippen LogP contribution in [0.5, 0.6) is 0 Å². The normalized spacial score (nSPS) is 27.8. The van der Waals surface area contributed by atoms with Gasteiger partial charge in [-0.15, -0.1) is 0 Å². The molecule has 0 spiro atoms. The second-order valence-corrected chi connectivity index (χ2v) is 5.47. The number of rotatable bonds is 5. The Labute approximate surface area is 104 Å². The summed E-state index contributed by atoms with van der Waals surface area (Å²) < 4.78 is 5.73. The molecule has 2 rings (SSSR count). The summed E-state index contributed by atoms with van der Waals surface area (Å²) in [5, 5.41) is 3.34. The highest BCUT2D eigenvalue weighted by atomic mass is 16.5. The molecule has 98 valence electrons. The monoisotopic (exact) mass is 240 g/mol. The molecule has 0 aliphatic carbocycles. The third-order valence-corrected chi connectivity index (χ3v) is 3.52. The molecular weight excluding hydrogens is 216 g/mol. The van der Waals surface area contributed by atoms with Gasteiger partial charge in [-0.05, 0) is 25.8 Å². The van der Waals surface area contributed by atoms with E-state index in [0.29, 0.717) is 30.6 Å². The molecule has 4 heteroatoms. The number of morpholine rings is 1. The average Bonchev–Trinajstić information content (AvgIpc) is 2.63. The predicted molar refractivity (Wildman–Crippen MR) is 66.8 cm³/mol. The molecule has 2 aliphatic rings. The minimum atomic E-state index is 0.302. The summed E-state index contributed by atoms with van der Waals surface area (Å²) >= 11 is 0. The zero-order chi connectivity index (χ0) is 12.3. The Morgan fingerprint density at radius 2 is 2.00 bits per heavy atom. The lowest BCUT2D eigenvalue weighted by atomic mass is 10.2. The van der Waals surface area contributed by atoms with Crippen molar-refractivity contribution in [2.24, 2.45) is 0 Å². The summed E-state index contributed by atoms with van der Waals surface area (Å²) in [4.78, 5) is 14.0. The molecule has 2 heterocycles. The average molecular weight is 240 g/mol. The SMILES string of the molecule is CC(C)NCCCC(=O)N1CC2CCC(C1)O2. The van der Waals surface area contributed by atoms with Gasteiger partial charge in [-0.2, -0.15) is 0 Å². The maximum Gasteiger partial charge on any atom is 0.222 e. The van der Waals surface area contributed by atoms with Gasteiger partial charge in [0.15, 0.2) is 0 Å². The number of hydrogen-bond donors (Lipinski definition) is 1. The quantitative estimate of drug-likeness (QED) is 0.733. The third-order valence-electron chi connectivity index (χ3n) is 3.52. The molecule has 2 unspecified atom stereocenters. The lowest BCUT2D eigenvalue weighted by molar-refractivity contribution is -0.139. The Bertz CT molecular complexity index is 256. The molecule has 0 aromatic carbocycles. The highest BCUT2D eigenvalue weighted by Gasteiger charge is 2.35. The van der Waals surface area contributed by atoms with Gasteiger partial charge >= 0.3 is 0 Å². The van der Waals surface area contributed by atoms with Crippen molar-refractivity contribution in [1.82, 2.24) is 10.2 Å². The standard InChI is InChI=1S/C13H24N2O2/c1-10(2)14-7-3-4-13(16)15-8-11-5-6-12(9-15)17-11/h10-12,14H,3-9H2,1-2H3. The first-order valence-corrected chi connectivity index (χ1v) is 6.82. The van der Waals surface area contributed by atoms with Crippen LogP contribution in [0.15, 0.2) is 0 Å². The topological polar surface area (TPSA) is 41.6 Å². The number of amides is 1. The van der Waals surface area contributed by atoms with Gasteiger partial charge in [0.2, 0.25) is 5.91 Å². The fourth-order valence-corrected chi connectivity index (χ4v) is 2.61. The van der Waals surface area contributed by atoms with E-state index in [-0.39, 0.29) is 0 Å². The minimum Gasteiger partial charge on any atom is -0.371 e. The maximum atomic E-state index is 12.0. The summed E-state index contributed by atoms with van der Waals surface area (Å²) in [6, 6.07) is 0.504. The van der Waals surface area contributed by atoms with E-state index < -0.39 is 0 Å². The second kappa shape index (κ2) is 5.83. The molecule has 0 aromatic rings. The zero-order valence-electron chi connectivity index (χ0n) is 10.9. The van der Waals surface area contributed by atoms with Crippen LogP contribution in [-0.2, 0) is 9.53 Å². The van der Waals surface area contributed by atoms with Crippen molar-refractivity contribution >= 4 is 5.91 Å². The van der Waals surface area contributed by atoms with E-state index in [1.165, 1.54) is 0 Å². The third kappa shape index (κ3) is 3.68. The number of carbonyl (C=O) groups is 1. The van der Waals surface area contributed by atoms with E-state index in [1.807, 2.05) is 4.90 Å². The van der Waals surface area contributed by atoms with Crippen molar-refractivity contribution in [2.75, 3.05) is 19.6 Å². The van der Waals surface area contributed by atoms with Crippen LogP contribution in [0.1, 0.15) is 39.5 Å².